The summed E-state index contributed by atoms with van der Waals surface area (Å²) in [5, 5.41) is 2.89. The van der Waals surface area contributed by atoms with E-state index in [2.05, 4.69) is 41.3 Å². The van der Waals surface area contributed by atoms with Crippen molar-refractivity contribution in [3.05, 3.63) is 35.9 Å². The molecule has 1 aromatic rings. The van der Waals surface area contributed by atoms with E-state index in [0.29, 0.717) is 0 Å². The Hall–Kier alpha value is -1.81. The fraction of sp³-hybridized carbons (Fsp3) is 0.526. The first-order valence-corrected chi connectivity index (χ1v) is 8.39. The van der Waals surface area contributed by atoms with Gasteiger partial charge in [-0.05, 0) is 71.0 Å². The summed E-state index contributed by atoms with van der Waals surface area (Å²) in [7, 11) is 4.29. The second kappa shape index (κ2) is 8.16. The molecule has 0 atom stereocenters. The number of carbonyl (C=O) groups excluding carboxylic acids is 1. The minimum absolute atomic E-state index is 0.0674. The van der Waals surface area contributed by atoms with E-state index in [1.807, 2.05) is 26.0 Å². The molecule has 126 valence electrons. The van der Waals surface area contributed by atoms with Gasteiger partial charge in [0.15, 0.2) is 0 Å². The lowest BCUT2D eigenvalue weighted by molar-refractivity contribution is -0.111. The van der Waals surface area contributed by atoms with Crippen LogP contribution >= 0.6 is 0 Å². The Morgan fingerprint density at radius 1 is 1.22 bits per heavy atom. The van der Waals surface area contributed by atoms with Gasteiger partial charge in [0.05, 0.1) is 0 Å². The van der Waals surface area contributed by atoms with Crippen LogP contribution in [-0.2, 0) is 4.79 Å². The monoisotopic (exact) mass is 315 g/mol. The lowest BCUT2D eigenvalue weighted by atomic mass is 9.96. The van der Waals surface area contributed by atoms with E-state index in [1.165, 1.54) is 25.1 Å². The van der Waals surface area contributed by atoms with Crippen molar-refractivity contribution in [2.45, 2.75) is 26.7 Å². The Bertz CT molecular complexity index is 536. The topological polar surface area (TPSA) is 35.6 Å². The predicted molar refractivity (Wildman–Crippen MR) is 98.0 cm³/mol. The molecule has 1 saturated heterocycles. The number of rotatable bonds is 5. The van der Waals surface area contributed by atoms with E-state index in [9.17, 15) is 4.79 Å². The third kappa shape index (κ3) is 5.71. The molecular formula is C19H29N3O. The maximum atomic E-state index is 11.7. The summed E-state index contributed by atoms with van der Waals surface area (Å²) in [4.78, 5) is 16.5. The largest absolute Gasteiger partial charge is 0.372 e. The zero-order valence-electron chi connectivity index (χ0n) is 14.8. The lowest BCUT2D eigenvalue weighted by Crippen LogP contribution is -2.37. The number of nitrogens with zero attached hydrogens (tertiary/aromatic N) is 2. The van der Waals surface area contributed by atoms with Gasteiger partial charge in [-0.2, -0.15) is 0 Å². The Balaban J connectivity index is 1.88. The Labute approximate surface area is 140 Å². The molecule has 2 rings (SSSR count). The third-order valence-corrected chi connectivity index (χ3v) is 4.16. The van der Waals surface area contributed by atoms with Crippen LogP contribution in [0.25, 0.3) is 0 Å². The Kier molecular flexibility index (Phi) is 6.22. The van der Waals surface area contributed by atoms with Crippen molar-refractivity contribution in [2.24, 2.45) is 5.92 Å². The number of anilines is 2. The van der Waals surface area contributed by atoms with Gasteiger partial charge in [-0.1, -0.05) is 5.57 Å². The first-order valence-electron chi connectivity index (χ1n) is 8.39. The molecule has 4 heteroatoms. The molecule has 1 aliphatic rings. The maximum absolute atomic E-state index is 11.7. The van der Waals surface area contributed by atoms with Crippen molar-refractivity contribution in [2.75, 3.05) is 43.9 Å². The highest BCUT2D eigenvalue weighted by Gasteiger charge is 2.19. The molecule has 1 heterocycles. The molecule has 0 bridgehead atoms. The summed E-state index contributed by atoms with van der Waals surface area (Å²) in [6.07, 6.45) is 4.11. The molecule has 0 saturated carbocycles. The summed E-state index contributed by atoms with van der Waals surface area (Å²) < 4.78 is 0. The first-order chi connectivity index (χ1) is 10.9. The van der Waals surface area contributed by atoms with Gasteiger partial charge < -0.3 is 15.1 Å². The van der Waals surface area contributed by atoms with Gasteiger partial charge in [-0.25, -0.2) is 0 Å². The molecule has 0 unspecified atom stereocenters. The molecular weight excluding hydrogens is 286 g/mol. The molecule has 4 nitrogen and oxygen atoms in total. The molecule has 1 aliphatic heterocycles. The Morgan fingerprint density at radius 3 is 2.35 bits per heavy atom. The van der Waals surface area contributed by atoms with Crippen LogP contribution in [-0.4, -0.2) is 44.5 Å². The van der Waals surface area contributed by atoms with Gasteiger partial charge in [0.2, 0.25) is 5.91 Å². The van der Waals surface area contributed by atoms with Crippen LogP contribution in [0.2, 0.25) is 0 Å². The lowest BCUT2D eigenvalue weighted by Gasteiger charge is -2.34. The summed E-state index contributed by atoms with van der Waals surface area (Å²) in [5.41, 5.74) is 3.09. The van der Waals surface area contributed by atoms with Gasteiger partial charge in [0.1, 0.15) is 0 Å². The normalized spacial score (nSPS) is 15.6. The van der Waals surface area contributed by atoms with Gasteiger partial charge in [0.25, 0.3) is 0 Å². The molecule has 1 fully saturated rings. The standard InChI is InChI=1S/C19H29N3O/c1-15(2)13-19(23)20-17-5-7-18(8-6-17)22-11-9-16(10-12-22)14-21(3)4/h5-8,13,16H,9-12,14H2,1-4H3,(H,20,23). The first kappa shape index (κ1) is 17.5. The van der Waals surface area contributed by atoms with Crippen LogP contribution in [0.3, 0.4) is 0 Å². The summed E-state index contributed by atoms with van der Waals surface area (Å²) >= 11 is 0. The van der Waals surface area contributed by atoms with Crippen molar-refractivity contribution in [1.29, 1.82) is 0 Å². The summed E-state index contributed by atoms with van der Waals surface area (Å²) in [5.74, 6) is 0.742. The van der Waals surface area contributed by atoms with E-state index in [-0.39, 0.29) is 5.91 Å². The molecule has 0 radical (unpaired) electrons. The SMILES string of the molecule is CC(C)=CC(=O)Nc1ccc(N2CCC(CN(C)C)CC2)cc1. The van der Waals surface area contributed by atoms with Crippen LogP contribution < -0.4 is 10.2 Å². The number of nitrogens with one attached hydrogen (secondary N) is 1. The third-order valence-electron chi connectivity index (χ3n) is 4.16. The van der Waals surface area contributed by atoms with Crippen molar-refractivity contribution >= 4 is 17.3 Å². The highest BCUT2D eigenvalue weighted by Crippen LogP contribution is 2.24. The molecule has 1 aromatic carbocycles. The number of hydrogen-bond donors (Lipinski definition) is 1. The van der Waals surface area contributed by atoms with Crippen molar-refractivity contribution in [3.63, 3.8) is 0 Å². The molecule has 0 aromatic heterocycles. The number of amides is 1. The van der Waals surface area contributed by atoms with Gasteiger partial charge in [-0.15, -0.1) is 0 Å². The summed E-state index contributed by atoms with van der Waals surface area (Å²) in [6.45, 7) is 7.25. The average Bonchev–Trinajstić information content (AvgIpc) is 2.47. The van der Waals surface area contributed by atoms with Crippen molar-refractivity contribution in [1.82, 2.24) is 4.90 Å². The van der Waals surface area contributed by atoms with Gasteiger partial charge in [-0.3, -0.25) is 4.79 Å². The zero-order valence-corrected chi connectivity index (χ0v) is 14.8. The summed E-state index contributed by atoms with van der Waals surface area (Å²) in [6, 6.07) is 8.17. The zero-order chi connectivity index (χ0) is 16.8. The number of benzene rings is 1. The minimum atomic E-state index is -0.0674. The highest BCUT2D eigenvalue weighted by atomic mass is 16.1. The van der Waals surface area contributed by atoms with E-state index in [1.54, 1.807) is 6.08 Å². The van der Waals surface area contributed by atoms with Crippen LogP contribution in [0.4, 0.5) is 11.4 Å². The molecule has 23 heavy (non-hydrogen) atoms. The van der Waals surface area contributed by atoms with Crippen LogP contribution in [0.5, 0.6) is 0 Å². The number of piperidine rings is 1. The highest BCUT2D eigenvalue weighted by molar-refractivity contribution is 5.99. The number of allylic oxidation sites excluding steroid dienone is 1. The second-order valence-corrected chi connectivity index (χ2v) is 6.95. The number of hydrogen-bond acceptors (Lipinski definition) is 3. The second-order valence-electron chi connectivity index (χ2n) is 6.95. The fourth-order valence-corrected chi connectivity index (χ4v) is 3.09. The van der Waals surface area contributed by atoms with E-state index in [4.69, 9.17) is 0 Å². The van der Waals surface area contributed by atoms with E-state index >= 15 is 0 Å². The minimum Gasteiger partial charge on any atom is -0.372 e. The predicted octanol–water partition coefficient (Wildman–Crippen LogP) is 3.37. The van der Waals surface area contributed by atoms with Crippen LogP contribution in [0.15, 0.2) is 35.9 Å². The smallest absolute Gasteiger partial charge is 0.248 e. The molecule has 1 N–H and O–H groups in total. The molecule has 0 spiro atoms. The van der Waals surface area contributed by atoms with Crippen molar-refractivity contribution < 1.29 is 4.79 Å². The van der Waals surface area contributed by atoms with Crippen LogP contribution in [0, 0.1) is 5.92 Å². The molecule has 1 amide bonds. The van der Waals surface area contributed by atoms with Crippen LogP contribution in [0.1, 0.15) is 26.7 Å². The molecule has 0 aliphatic carbocycles. The van der Waals surface area contributed by atoms with E-state index < -0.39 is 0 Å². The average molecular weight is 315 g/mol. The Morgan fingerprint density at radius 2 is 1.83 bits per heavy atom. The quantitative estimate of drug-likeness (QED) is 0.846. The van der Waals surface area contributed by atoms with E-state index in [0.717, 1.165) is 30.3 Å². The maximum Gasteiger partial charge on any atom is 0.248 e. The van der Waals surface area contributed by atoms with Crippen molar-refractivity contribution in [3.8, 4) is 0 Å². The number of carbonyl (C=O) groups is 1. The van der Waals surface area contributed by atoms with Gasteiger partial charge in [0, 0.05) is 37.1 Å². The van der Waals surface area contributed by atoms with Gasteiger partial charge >= 0.3 is 0 Å². The fourth-order valence-electron chi connectivity index (χ4n) is 3.09.